The van der Waals surface area contributed by atoms with Crippen molar-refractivity contribution in [2.45, 2.75) is 63.6 Å². The van der Waals surface area contributed by atoms with Crippen LogP contribution in [0.25, 0.3) is 10.9 Å². The number of likely N-dealkylation sites (N-methyl/N-ethyl adjacent to an activating group) is 1. The van der Waals surface area contributed by atoms with Gasteiger partial charge in [0.25, 0.3) is 5.91 Å². The molecule has 0 spiro atoms. The van der Waals surface area contributed by atoms with Crippen molar-refractivity contribution in [3.8, 4) is 11.5 Å². The van der Waals surface area contributed by atoms with Crippen LogP contribution in [0.5, 0.6) is 11.5 Å². The molecule has 11 heteroatoms. The fourth-order valence-corrected chi connectivity index (χ4v) is 6.07. The van der Waals surface area contributed by atoms with E-state index in [0.29, 0.717) is 16.6 Å². The van der Waals surface area contributed by atoms with Crippen molar-refractivity contribution in [3.05, 3.63) is 77.3 Å². The monoisotopic (exact) mass is 629 g/mol. The number of aryl methyl sites for hydroxylation is 1. The summed E-state index contributed by atoms with van der Waals surface area (Å²) >= 11 is 1.44. The van der Waals surface area contributed by atoms with E-state index in [-0.39, 0.29) is 22.3 Å². The highest BCUT2D eigenvalue weighted by Crippen LogP contribution is 2.43. The molecule has 0 saturated carbocycles. The number of nitrogens with one attached hydrogen (secondary N) is 2. The predicted molar refractivity (Wildman–Crippen MR) is 176 cm³/mol. The minimum absolute atomic E-state index is 0.0564. The summed E-state index contributed by atoms with van der Waals surface area (Å²) in [6.07, 6.45) is 7.81. The zero-order chi connectivity index (χ0) is 32.2. The molecule has 5 rings (SSSR count). The van der Waals surface area contributed by atoms with Crippen molar-refractivity contribution in [3.63, 3.8) is 0 Å². The highest BCUT2D eigenvalue weighted by molar-refractivity contribution is 8.00. The van der Waals surface area contributed by atoms with E-state index in [1.54, 1.807) is 12.1 Å². The van der Waals surface area contributed by atoms with Crippen molar-refractivity contribution in [1.82, 2.24) is 19.7 Å². The molecule has 1 aliphatic rings. The summed E-state index contributed by atoms with van der Waals surface area (Å²) in [5, 5.41) is 8.57. The number of rotatable bonds is 11. The smallest absolute Gasteiger partial charge is 0.336 e. The van der Waals surface area contributed by atoms with Crippen molar-refractivity contribution < 1.29 is 23.9 Å². The van der Waals surface area contributed by atoms with Gasteiger partial charge in [0, 0.05) is 65.0 Å². The quantitative estimate of drug-likeness (QED) is 0.116. The molecule has 0 bridgehead atoms. The van der Waals surface area contributed by atoms with E-state index in [0.717, 1.165) is 54.7 Å². The number of ether oxygens (including phenoxy) is 2. The molecule has 2 aromatic heterocycles. The zero-order valence-corrected chi connectivity index (χ0v) is 27.3. The minimum atomic E-state index is -0.766. The normalized spacial score (nSPS) is 14.0. The Bertz CT molecular complexity index is 1770. The third kappa shape index (κ3) is 7.66. The van der Waals surface area contributed by atoms with E-state index in [1.165, 1.54) is 22.9 Å². The standard InChI is InChI=1S/C34H39N5O5S/c1-20(2)39-19-23(18-35-39)13-15-38(6)16-14-25-22(5)36-28-9-7-24(17-27(25)28)37-34(42)26-8-10-29(45-21(3)4)33-32(26)43-30(40)11-12-31(41)44-33/h7-12,17-21,36H,13-16H2,1-6H3,(H,37,42)/b12-11+. The van der Waals surface area contributed by atoms with Crippen LogP contribution in [0.2, 0.25) is 0 Å². The van der Waals surface area contributed by atoms with E-state index < -0.39 is 17.8 Å². The average Bonchev–Trinajstić information content (AvgIpc) is 3.58. The Hall–Kier alpha value is -4.35. The van der Waals surface area contributed by atoms with Gasteiger partial charge in [-0.05, 0) is 82.1 Å². The summed E-state index contributed by atoms with van der Waals surface area (Å²) < 4.78 is 13.0. The molecule has 0 aliphatic carbocycles. The molecule has 0 fully saturated rings. The number of H-pyrrole nitrogens is 1. The number of aromatic amines is 1. The third-order valence-electron chi connectivity index (χ3n) is 7.53. The minimum Gasteiger partial charge on any atom is -0.418 e. The van der Waals surface area contributed by atoms with Crippen LogP contribution < -0.4 is 14.8 Å². The molecule has 0 atom stereocenters. The summed E-state index contributed by atoms with van der Waals surface area (Å²) in [6.45, 7) is 12.1. The number of anilines is 1. The van der Waals surface area contributed by atoms with Gasteiger partial charge >= 0.3 is 11.9 Å². The van der Waals surface area contributed by atoms with Crippen LogP contribution in [0.3, 0.4) is 0 Å². The van der Waals surface area contributed by atoms with Gasteiger partial charge in [-0.25, -0.2) is 9.59 Å². The van der Waals surface area contributed by atoms with Crippen LogP contribution in [0.15, 0.2) is 59.8 Å². The number of benzene rings is 2. The molecule has 1 amide bonds. The number of esters is 2. The molecule has 236 valence electrons. The van der Waals surface area contributed by atoms with Crippen molar-refractivity contribution >= 4 is 46.2 Å². The lowest BCUT2D eigenvalue weighted by molar-refractivity contribution is -0.133. The highest BCUT2D eigenvalue weighted by atomic mass is 32.2. The second kappa shape index (κ2) is 13.7. The highest BCUT2D eigenvalue weighted by Gasteiger charge is 2.27. The summed E-state index contributed by atoms with van der Waals surface area (Å²) in [5.74, 6) is -2.00. The molecule has 10 nitrogen and oxygen atoms in total. The van der Waals surface area contributed by atoms with Gasteiger partial charge in [-0.15, -0.1) is 11.8 Å². The van der Waals surface area contributed by atoms with Crippen LogP contribution in [0.4, 0.5) is 5.69 Å². The first-order valence-corrected chi connectivity index (χ1v) is 16.0. The lowest BCUT2D eigenvalue weighted by atomic mass is 10.1. The molecule has 1 aliphatic heterocycles. The largest absolute Gasteiger partial charge is 0.418 e. The van der Waals surface area contributed by atoms with Gasteiger partial charge in [-0.2, -0.15) is 5.10 Å². The Morgan fingerprint density at radius 2 is 1.73 bits per heavy atom. The summed E-state index contributed by atoms with van der Waals surface area (Å²) in [4.78, 5) is 44.6. The predicted octanol–water partition coefficient (Wildman–Crippen LogP) is 6.10. The van der Waals surface area contributed by atoms with E-state index in [1.807, 2.05) is 42.9 Å². The number of fused-ring (bicyclic) bond motifs is 2. The van der Waals surface area contributed by atoms with Gasteiger partial charge in [0.05, 0.1) is 16.7 Å². The van der Waals surface area contributed by atoms with E-state index in [9.17, 15) is 14.4 Å². The molecule has 0 unspecified atom stereocenters. The van der Waals surface area contributed by atoms with Crippen molar-refractivity contribution in [2.24, 2.45) is 0 Å². The number of aromatic nitrogens is 3. The summed E-state index contributed by atoms with van der Waals surface area (Å²) in [7, 11) is 2.12. The molecule has 0 saturated heterocycles. The Balaban J connectivity index is 1.33. The molecule has 3 heterocycles. The van der Waals surface area contributed by atoms with Gasteiger partial charge in [0.2, 0.25) is 0 Å². The van der Waals surface area contributed by atoms with Gasteiger partial charge in [-0.3, -0.25) is 9.48 Å². The van der Waals surface area contributed by atoms with Crippen LogP contribution in [-0.2, 0) is 22.4 Å². The second-order valence-corrected chi connectivity index (χ2v) is 13.4. The third-order valence-corrected chi connectivity index (χ3v) is 8.58. The molecule has 0 radical (unpaired) electrons. The average molecular weight is 630 g/mol. The number of hydrogen-bond acceptors (Lipinski definition) is 8. The maximum absolute atomic E-state index is 13.6. The van der Waals surface area contributed by atoms with Crippen LogP contribution in [0, 0.1) is 6.92 Å². The fraction of sp³-hybridized carbons (Fsp3) is 0.353. The number of carbonyl (C=O) groups excluding carboxylic acids is 3. The van der Waals surface area contributed by atoms with Gasteiger partial charge in [-0.1, -0.05) is 13.8 Å². The van der Waals surface area contributed by atoms with Crippen molar-refractivity contribution in [2.75, 3.05) is 25.5 Å². The topological polar surface area (TPSA) is 119 Å². The number of carbonyl (C=O) groups is 3. The van der Waals surface area contributed by atoms with Gasteiger partial charge in [0.1, 0.15) is 0 Å². The van der Waals surface area contributed by atoms with Crippen LogP contribution >= 0.6 is 11.8 Å². The van der Waals surface area contributed by atoms with Gasteiger partial charge < -0.3 is 24.7 Å². The Morgan fingerprint density at radius 3 is 2.42 bits per heavy atom. The van der Waals surface area contributed by atoms with E-state index in [4.69, 9.17) is 9.47 Å². The first kappa shape index (κ1) is 32.1. The summed E-state index contributed by atoms with van der Waals surface area (Å²) in [6, 6.07) is 9.35. The number of hydrogen-bond donors (Lipinski definition) is 2. The SMILES string of the molecule is Cc1[nH]c2ccc(NC(=O)c3ccc(SC(C)C)c4c3OC(=O)/C=C/C(=O)O4)cc2c1CCN(C)CCc1cnn(C(C)C)c1. The molecule has 2 aromatic carbocycles. The van der Waals surface area contributed by atoms with Crippen LogP contribution in [0.1, 0.15) is 60.9 Å². The fourth-order valence-electron chi connectivity index (χ4n) is 5.18. The maximum Gasteiger partial charge on any atom is 0.336 e. The van der Waals surface area contributed by atoms with Crippen LogP contribution in [-0.4, -0.2) is 62.9 Å². The summed E-state index contributed by atoms with van der Waals surface area (Å²) in [5.41, 5.74) is 5.16. The Morgan fingerprint density at radius 1 is 1.02 bits per heavy atom. The van der Waals surface area contributed by atoms with E-state index in [2.05, 4.69) is 54.3 Å². The first-order valence-electron chi connectivity index (χ1n) is 15.1. The number of amides is 1. The first-order chi connectivity index (χ1) is 21.5. The molecule has 2 N–H and O–H groups in total. The molecular formula is C34H39N5O5S. The maximum atomic E-state index is 13.6. The van der Waals surface area contributed by atoms with E-state index >= 15 is 0 Å². The molecule has 4 aromatic rings. The second-order valence-electron chi connectivity index (χ2n) is 11.8. The zero-order valence-electron chi connectivity index (χ0n) is 26.5. The number of thioether (sulfide) groups is 1. The Kier molecular flexibility index (Phi) is 9.79. The van der Waals surface area contributed by atoms with Crippen molar-refractivity contribution in [1.29, 1.82) is 0 Å². The molecular weight excluding hydrogens is 590 g/mol. The lowest BCUT2D eigenvalue weighted by Crippen LogP contribution is -2.23. The van der Waals surface area contributed by atoms with Gasteiger partial charge in [0.15, 0.2) is 11.5 Å². The number of nitrogens with zero attached hydrogens (tertiary/aromatic N) is 3. The molecule has 45 heavy (non-hydrogen) atoms. The lowest BCUT2D eigenvalue weighted by Gasteiger charge is -2.19. The Labute approximate surface area is 267 Å².